The van der Waals surface area contributed by atoms with Gasteiger partial charge in [0.2, 0.25) is 5.91 Å². The summed E-state index contributed by atoms with van der Waals surface area (Å²) in [5, 5.41) is 12.5. The molecule has 0 spiro atoms. The van der Waals surface area contributed by atoms with E-state index >= 15 is 0 Å². The predicted octanol–water partition coefficient (Wildman–Crippen LogP) is 3.41. The molecule has 2 aromatic heterocycles. The third-order valence-corrected chi connectivity index (χ3v) is 6.70. The number of furan rings is 1. The number of aromatic nitrogens is 3. The molecule has 1 N–H and O–H groups in total. The average Bonchev–Trinajstić information content (AvgIpc) is 3.44. The summed E-state index contributed by atoms with van der Waals surface area (Å²) in [4.78, 5) is 14.9. The molecule has 8 nitrogen and oxygen atoms in total. The van der Waals surface area contributed by atoms with Gasteiger partial charge in [-0.2, -0.15) is 0 Å². The first-order valence-electron chi connectivity index (χ1n) is 10.5. The van der Waals surface area contributed by atoms with Gasteiger partial charge in [-0.15, -0.1) is 10.2 Å². The van der Waals surface area contributed by atoms with Crippen molar-refractivity contribution in [1.29, 1.82) is 0 Å². The Morgan fingerprint density at radius 3 is 2.78 bits per heavy atom. The van der Waals surface area contributed by atoms with Crippen LogP contribution in [0.5, 0.6) is 0 Å². The highest BCUT2D eigenvalue weighted by Crippen LogP contribution is 2.25. The molecule has 1 saturated heterocycles. The quantitative estimate of drug-likeness (QED) is 0.499. The number of aryl methyl sites for hydroxylation is 2. The Morgan fingerprint density at radius 1 is 1.25 bits per heavy atom. The Bertz CT molecular complexity index is 1060. The molecule has 1 fully saturated rings. The number of carbonyl (C=O) groups excluding carboxylic acids is 1. The van der Waals surface area contributed by atoms with Gasteiger partial charge in [0, 0.05) is 24.7 Å². The lowest BCUT2D eigenvalue weighted by molar-refractivity contribution is -0.118. The van der Waals surface area contributed by atoms with E-state index in [1.807, 2.05) is 48.7 Å². The fourth-order valence-corrected chi connectivity index (χ4v) is 4.49. The van der Waals surface area contributed by atoms with Crippen molar-refractivity contribution < 1.29 is 13.9 Å². The van der Waals surface area contributed by atoms with E-state index in [-0.39, 0.29) is 17.7 Å². The molecule has 4 rings (SSSR count). The molecular formula is C22H26ClN5O3S. The van der Waals surface area contributed by atoms with Crippen LogP contribution >= 0.6 is 23.4 Å². The van der Waals surface area contributed by atoms with Crippen LogP contribution in [0.1, 0.15) is 23.1 Å². The summed E-state index contributed by atoms with van der Waals surface area (Å²) in [6.07, 6.45) is 1.62. The second-order valence-corrected chi connectivity index (χ2v) is 8.97. The largest absolute Gasteiger partial charge is 0.465 e. The first kappa shape index (κ1) is 22.8. The number of benzene rings is 1. The third kappa shape index (κ3) is 5.53. The number of carbonyl (C=O) groups is 1. The normalized spacial score (nSPS) is 15.6. The maximum atomic E-state index is 12.6. The Morgan fingerprint density at radius 2 is 2.06 bits per heavy atom. The molecule has 1 aliphatic heterocycles. The molecule has 3 aromatic rings. The Balaban J connectivity index is 1.36. The highest BCUT2D eigenvalue weighted by Gasteiger charge is 2.25. The molecular weight excluding hydrogens is 450 g/mol. The minimum Gasteiger partial charge on any atom is -0.465 e. The van der Waals surface area contributed by atoms with Crippen molar-refractivity contribution in [3.8, 4) is 5.69 Å². The zero-order valence-electron chi connectivity index (χ0n) is 18.1. The lowest BCUT2D eigenvalue weighted by atomic mass is 10.1. The fraction of sp³-hybridized carbons (Fsp3) is 0.409. The van der Waals surface area contributed by atoms with Gasteiger partial charge < -0.3 is 14.5 Å². The summed E-state index contributed by atoms with van der Waals surface area (Å²) in [5.41, 5.74) is 1.85. The van der Waals surface area contributed by atoms with Crippen LogP contribution in [-0.2, 0) is 9.53 Å². The molecule has 1 atom stereocenters. The number of amides is 1. The monoisotopic (exact) mass is 475 g/mol. The number of halogens is 1. The molecule has 1 aliphatic rings. The van der Waals surface area contributed by atoms with Crippen LogP contribution in [0.4, 0.5) is 0 Å². The highest BCUT2D eigenvalue weighted by molar-refractivity contribution is 7.99. The van der Waals surface area contributed by atoms with E-state index in [1.54, 1.807) is 6.33 Å². The van der Waals surface area contributed by atoms with Crippen molar-refractivity contribution >= 4 is 29.3 Å². The molecule has 3 heterocycles. The number of rotatable bonds is 8. The first-order valence-corrected chi connectivity index (χ1v) is 11.8. The number of ether oxygens (including phenoxy) is 1. The number of nitrogens with zero attached hydrogens (tertiary/aromatic N) is 4. The number of nitrogens with one attached hydrogen (secondary N) is 1. The van der Waals surface area contributed by atoms with E-state index in [0.29, 0.717) is 29.9 Å². The topological polar surface area (TPSA) is 85.4 Å². The molecule has 10 heteroatoms. The van der Waals surface area contributed by atoms with E-state index in [4.69, 9.17) is 20.8 Å². The van der Waals surface area contributed by atoms with Gasteiger partial charge in [0.25, 0.3) is 0 Å². The van der Waals surface area contributed by atoms with Crippen molar-refractivity contribution in [1.82, 2.24) is 25.0 Å². The number of morpholine rings is 1. The second kappa shape index (κ2) is 10.5. The van der Waals surface area contributed by atoms with Gasteiger partial charge in [-0.3, -0.25) is 14.3 Å². The molecule has 170 valence electrons. The number of hydrogen-bond acceptors (Lipinski definition) is 7. The Kier molecular flexibility index (Phi) is 7.51. The zero-order chi connectivity index (χ0) is 22.5. The van der Waals surface area contributed by atoms with Crippen molar-refractivity contribution in [2.24, 2.45) is 0 Å². The molecule has 1 unspecified atom stereocenters. The fourth-order valence-electron chi connectivity index (χ4n) is 3.55. The smallest absolute Gasteiger partial charge is 0.230 e. The molecule has 0 saturated carbocycles. The van der Waals surface area contributed by atoms with Crippen molar-refractivity contribution in [2.75, 3.05) is 38.6 Å². The zero-order valence-corrected chi connectivity index (χ0v) is 19.7. The number of thioether (sulfide) groups is 1. The van der Waals surface area contributed by atoms with Gasteiger partial charge in [-0.25, -0.2) is 0 Å². The predicted molar refractivity (Wildman–Crippen MR) is 123 cm³/mol. The van der Waals surface area contributed by atoms with Crippen molar-refractivity contribution in [3.05, 3.63) is 58.8 Å². The van der Waals surface area contributed by atoms with Gasteiger partial charge in [0.1, 0.15) is 17.8 Å². The second-order valence-electron chi connectivity index (χ2n) is 7.62. The van der Waals surface area contributed by atoms with Crippen LogP contribution in [0, 0.1) is 13.8 Å². The minimum atomic E-state index is -0.0759. The molecule has 32 heavy (non-hydrogen) atoms. The van der Waals surface area contributed by atoms with Gasteiger partial charge in [0.15, 0.2) is 5.16 Å². The van der Waals surface area contributed by atoms with Gasteiger partial charge >= 0.3 is 0 Å². The first-order chi connectivity index (χ1) is 15.5. The van der Waals surface area contributed by atoms with E-state index in [0.717, 1.165) is 35.9 Å². The average molecular weight is 476 g/mol. The minimum absolute atomic E-state index is 0.0279. The lowest BCUT2D eigenvalue weighted by Gasteiger charge is -2.33. The van der Waals surface area contributed by atoms with Crippen LogP contribution in [0.2, 0.25) is 5.02 Å². The van der Waals surface area contributed by atoms with E-state index in [2.05, 4.69) is 20.4 Å². The van der Waals surface area contributed by atoms with Gasteiger partial charge in [-0.05, 0) is 43.7 Å². The Labute approximate surface area is 196 Å². The summed E-state index contributed by atoms with van der Waals surface area (Å²) < 4.78 is 13.2. The highest BCUT2D eigenvalue weighted by atomic mass is 35.5. The van der Waals surface area contributed by atoms with Crippen LogP contribution in [0.25, 0.3) is 5.69 Å². The van der Waals surface area contributed by atoms with Crippen LogP contribution in [0.3, 0.4) is 0 Å². The van der Waals surface area contributed by atoms with Crippen molar-refractivity contribution in [3.63, 3.8) is 0 Å². The van der Waals surface area contributed by atoms with E-state index in [9.17, 15) is 4.79 Å². The molecule has 0 radical (unpaired) electrons. The summed E-state index contributed by atoms with van der Waals surface area (Å²) in [5.74, 6) is 1.86. The maximum absolute atomic E-state index is 12.6. The molecule has 1 amide bonds. The standard InChI is InChI=1S/C22H26ClN5O3S/c1-15-3-5-17(11-18(15)23)28-14-25-26-22(28)32-13-21(29)24-12-19(20-6-4-16(2)31-20)27-7-9-30-10-8-27/h3-6,11,14,19H,7-10,12-13H2,1-2H3,(H,24,29). The molecule has 0 aliphatic carbocycles. The van der Waals surface area contributed by atoms with Crippen LogP contribution in [0.15, 0.2) is 46.2 Å². The maximum Gasteiger partial charge on any atom is 0.230 e. The van der Waals surface area contributed by atoms with E-state index in [1.165, 1.54) is 11.8 Å². The van der Waals surface area contributed by atoms with Gasteiger partial charge in [-0.1, -0.05) is 29.4 Å². The summed E-state index contributed by atoms with van der Waals surface area (Å²) in [6, 6.07) is 9.66. The van der Waals surface area contributed by atoms with Gasteiger partial charge in [0.05, 0.1) is 30.7 Å². The molecule has 1 aromatic carbocycles. The summed E-state index contributed by atoms with van der Waals surface area (Å²) in [6.45, 7) is 7.30. The number of hydrogen-bond donors (Lipinski definition) is 1. The SMILES string of the molecule is Cc1ccc(C(CNC(=O)CSc2nncn2-c2ccc(C)c(Cl)c2)N2CCOCC2)o1. The molecule has 0 bridgehead atoms. The van der Waals surface area contributed by atoms with Crippen LogP contribution in [-0.4, -0.2) is 64.2 Å². The van der Waals surface area contributed by atoms with Crippen LogP contribution < -0.4 is 5.32 Å². The summed E-state index contributed by atoms with van der Waals surface area (Å²) >= 11 is 7.58. The summed E-state index contributed by atoms with van der Waals surface area (Å²) in [7, 11) is 0. The van der Waals surface area contributed by atoms with Crippen molar-refractivity contribution in [2.45, 2.75) is 25.0 Å². The Hall–Kier alpha value is -2.33. The van der Waals surface area contributed by atoms with E-state index < -0.39 is 0 Å². The third-order valence-electron chi connectivity index (χ3n) is 5.35. The lowest BCUT2D eigenvalue weighted by Crippen LogP contribution is -2.44.